The Balaban J connectivity index is 4.76. The highest BCUT2D eigenvalue weighted by Gasteiger charge is 2.28. The standard InChI is InChI=1S/C56H99O11P/c1-4-7-10-13-16-19-22-24-25-26-27-29-31-33-36-39-42-45-54(58)63-49-53(67-56(60)47-44-41-38-35-32-28-23-20-17-14-11-8-5-2)51-65-68(61,62)64-50-52(48-57)66-55(59)46-43-40-37-34-30-21-18-15-12-9-6-3/h8,11,16-17,19-20,24-25,28,32,52-53,57H,4-7,9-10,12-15,18,21-23,26-27,29-31,33-51H2,1-3H3,(H,61,62)/b11-8-,19-16-,20-17-,25-24-,32-28-. The Morgan fingerprint density at radius 2 is 0.765 bits per heavy atom. The molecule has 0 aromatic rings. The highest BCUT2D eigenvalue weighted by atomic mass is 31.2. The van der Waals surface area contributed by atoms with Gasteiger partial charge in [-0.05, 0) is 83.5 Å². The predicted octanol–water partition coefficient (Wildman–Crippen LogP) is 15.6. The minimum Gasteiger partial charge on any atom is -0.462 e. The second-order valence-corrected chi connectivity index (χ2v) is 19.5. The van der Waals surface area contributed by atoms with E-state index in [-0.39, 0.29) is 25.9 Å². The van der Waals surface area contributed by atoms with Crippen molar-refractivity contribution in [2.24, 2.45) is 0 Å². The number of ether oxygens (including phenoxy) is 3. The number of aliphatic hydroxyl groups is 1. The van der Waals surface area contributed by atoms with E-state index < -0.39 is 57.8 Å². The number of carbonyl (C=O) groups excluding carboxylic acids is 3. The summed E-state index contributed by atoms with van der Waals surface area (Å²) >= 11 is 0. The van der Waals surface area contributed by atoms with Crippen molar-refractivity contribution in [3.8, 4) is 0 Å². The molecule has 0 heterocycles. The van der Waals surface area contributed by atoms with E-state index in [1.165, 1.54) is 89.9 Å². The SMILES string of the molecule is CC/C=C\C/C=C\C/C=C\CCCCCC(=O)OC(COC(=O)CCCCCCCCC/C=C\C/C=C\CCCCC)COP(=O)(O)OCC(CO)OC(=O)CCCCCCCCCCCCC. The van der Waals surface area contributed by atoms with Gasteiger partial charge in [0.15, 0.2) is 6.10 Å². The van der Waals surface area contributed by atoms with Crippen LogP contribution >= 0.6 is 7.82 Å². The highest BCUT2D eigenvalue weighted by Crippen LogP contribution is 2.43. The molecule has 0 radical (unpaired) electrons. The van der Waals surface area contributed by atoms with Crippen LogP contribution in [0.15, 0.2) is 60.8 Å². The topological polar surface area (TPSA) is 155 Å². The number of hydrogen-bond acceptors (Lipinski definition) is 10. The van der Waals surface area contributed by atoms with Crippen LogP contribution in [-0.4, -0.2) is 66.5 Å². The lowest BCUT2D eigenvalue weighted by atomic mass is 10.1. The van der Waals surface area contributed by atoms with Crippen molar-refractivity contribution in [2.45, 2.75) is 251 Å². The second kappa shape index (κ2) is 50.6. The van der Waals surface area contributed by atoms with Crippen molar-refractivity contribution in [3.63, 3.8) is 0 Å². The molecule has 2 N–H and O–H groups in total. The van der Waals surface area contributed by atoms with E-state index in [2.05, 4.69) is 81.5 Å². The van der Waals surface area contributed by atoms with E-state index in [0.717, 1.165) is 89.9 Å². The predicted molar refractivity (Wildman–Crippen MR) is 279 cm³/mol. The first-order valence-electron chi connectivity index (χ1n) is 27.2. The molecule has 0 aromatic carbocycles. The molecule has 0 fully saturated rings. The fourth-order valence-corrected chi connectivity index (χ4v) is 8.07. The largest absolute Gasteiger partial charge is 0.472 e. The van der Waals surface area contributed by atoms with Gasteiger partial charge in [-0.25, -0.2) is 4.57 Å². The van der Waals surface area contributed by atoms with E-state index in [4.69, 9.17) is 23.3 Å². The van der Waals surface area contributed by atoms with Crippen LogP contribution in [0.3, 0.4) is 0 Å². The van der Waals surface area contributed by atoms with Gasteiger partial charge in [0.1, 0.15) is 12.7 Å². The normalized spacial score (nSPS) is 13.9. The first-order chi connectivity index (χ1) is 33.2. The molecule has 0 aliphatic carbocycles. The molecule has 0 aliphatic heterocycles. The fraction of sp³-hybridized carbons (Fsp3) is 0.768. The lowest BCUT2D eigenvalue weighted by molar-refractivity contribution is -0.161. The zero-order chi connectivity index (χ0) is 49.9. The van der Waals surface area contributed by atoms with E-state index >= 15 is 0 Å². The van der Waals surface area contributed by atoms with Gasteiger partial charge in [0.2, 0.25) is 0 Å². The molecule has 0 aromatic heterocycles. The zero-order valence-electron chi connectivity index (χ0n) is 43.3. The summed E-state index contributed by atoms with van der Waals surface area (Å²) in [6.07, 6.45) is 53.3. The van der Waals surface area contributed by atoms with Crippen LogP contribution in [-0.2, 0) is 42.2 Å². The summed E-state index contributed by atoms with van der Waals surface area (Å²) in [7, 11) is -4.75. The van der Waals surface area contributed by atoms with Crippen LogP contribution in [0.5, 0.6) is 0 Å². The smallest absolute Gasteiger partial charge is 0.462 e. The molecule has 0 rings (SSSR count). The summed E-state index contributed by atoms with van der Waals surface area (Å²) in [6, 6.07) is 0. The maximum Gasteiger partial charge on any atom is 0.472 e. The Labute approximate surface area is 415 Å². The minimum atomic E-state index is -4.75. The minimum absolute atomic E-state index is 0.131. The van der Waals surface area contributed by atoms with Crippen LogP contribution in [0.1, 0.15) is 239 Å². The number of phosphoric ester groups is 1. The summed E-state index contributed by atoms with van der Waals surface area (Å²) in [4.78, 5) is 48.3. The zero-order valence-corrected chi connectivity index (χ0v) is 44.2. The molecule has 0 amide bonds. The second-order valence-electron chi connectivity index (χ2n) is 18.0. The van der Waals surface area contributed by atoms with Crippen molar-refractivity contribution < 1.29 is 52.2 Å². The van der Waals surface area contributed by atoms with E-state index in [0.29, 0.717) is 19.3 Å². The molecule has 3 unspecified atom stereocenters. The van der Waals surface area contributed by atoms with Crippen molar-refractivity contribution in [1.82, 2.24) is 0 Å². The van der Waals surface area contributed by atoms with Crippen molar-refractivity contribution >= 4 is 25.7 Å². The Morgan fingerprint density at radius 1 is 0.426 bits per heavy atom. The molecule has 68 heavy (non-hydrogen) atoms. The van der Waals surface area contributed by atoms with E-state index in [1.807, 2.05) is 0 Å². The molecular weight excluding hydrogens is 880 g/mol. The third-order valence-electron chi connectivity index (χ3n) is 11.4. The Hall–Kier alpha value is -2.82. The van der Waals surface area contributed by atoms with Gasteiger partial charge in [0.25, 0.3) is 0 Å². The molecule has 3 atom stereocenters. The quantitative estimate of drug-likeness (QED) is 0.0197. The monoisotopic (exact) mass is 979 g/mol. The summed E-state index contributed by atoms with van der Waals surface area (Å²) in [5.41, 5.74) is 0. The first kappa shape index (κ1) is 65.2. The van der Waals surface area contributed by atoms with Gasteiger partial charge < -0.3 is 24.2 Å². The van der Waals surface area contributed by atoms with Gasteiger partial charge >= 0.3 is 25.7 Å². The third kappa shape index (κ3) is 48.2. The molecule has 0 bridgehead atoms. The Bertz CT molecular complexity index is 1370. The number of carbonyl (C=O) groups is 3. The summed E-state index contributed by atoms with van der Waals surface area (Å²) < 4.78 is 39.4. The van der Waals surface area contributed by atoms with Gasteiger partial charge in [-0.1, -0.05) is 197 Å². The Morgan fingerprint density at radius 3 is 1.22 bits per heavy atom. The van der Waals surface area contributed by atoms with Crippen LogP contribution in [0.4, 0.5) is 0 Å². The van der Waals surface area contributed by atoms with Gasteiger partial charge in [-0.3, -0.25) is 23.4 Å². The summed E-state index contributed by atoms with van der Waals surface area (Å²) in [5, 5.41) is 9.77. The van der Waals surface area contributed by atoms with Crippen molar-refractivity contribution in [1.29, 1.82) is 0 Å². The van der Waals surface area contributed by atoms with Gasteiger partial charge in [0.05, 0.1) is 19.8 Å². The number of esters is 3. The third-order valence-corrected chi connectivity index (χ3v) is 12.4. The molecule has 394 valence electrons. The van der Waals surface area contributed by atoms with Crippen LogP contribution in [0.25, 0.3) is 0 Å². The molecule has 0 aliphatic rings. The average Bonchev–Trinajstić information content (AvgIpc) is 3.32. The Kier molecular flexibility index (Phi) is 48.5. The first-order valence-corrected chi connectivity index (χ1v) is 28.7. The number of phosphoric acid groups is 1. The molecular formula is C56H99O11P. The highest BCUT2D eigenvalue weighted by molar-refractivity contribution is 7.47. The summed E-state index contributed by atoms with van der Waals surface area (Å²) in [6.45, 7) is 4.45. The molecule has 0 saturated heterocycles. The van der Waals surface area contributed by atoms with Crippen molar-refractivity contribution in [3.05, 3.63) is 60.8 Å². The fourth-order valence-electron chi connectivity index (χ4n) is 7.28. The summed E-state index contributed by atoms with van der Waals surface area (Å²) in [5.74, 6) is -1.50. The van der Waals surface area contributed by atoms with Gasteiger partial charge in [-0.2, -0.15) is 0 Å². The van der Waals surface area contributed by atoms with Crippen molar-refractivity contribution in [2.75, 3.05) is 26.4 Å². The number of unbranched alkanes of at least 4 members (excludes halogenated alkanes) is 23. The number of rotatable bonds is 50. The number of allylic oxidation sites excluding steroid dienone is 10. The average molecular weight is 979 g/mol. The maximum absolute atomic E-state index is 12.8. The number of hydrogen-bond donors (Lipinski definition) is 2. The molecule has 0 spiro atoms. The van der Waals surface area contributed by atoms with Crippen LogP contribution < -0.4 is 0 Å². The van der Waals surface area contributed by atoms with Gasteiger partial charge in [0, 0.05) is 19.3 Å². The van der Waals surface area contributed by atoms with Crippen LogP contribution in [0.2, 0.25) is 0 Å². The molecule has 12 heteroatoms. The van der Waals surface area contributed by atoms with E-state index in [1.54, 1.807) is 0 Å². The van der Waals surface area contributed by atoms with Crippen LogP contribution in [0, 0.1) is 0 Å². The maximum atomic E-state index is 12.8. The van der Waals surface area contributed by atoms with E-state index in [9.17, 15) is 28.9 Å². The molecule has 0 saturated carbocycles. The van der Waals surface area contributed by atoms with Gasteiger partial charge in [-0.15, -0.1) is 0 Å². The molecule has 11 nitrogen and oxygen atoms in total. The number of aliphatic hydroxyl groups excluding tert-OH is 1. The lowest BCUT2D eigenvalue weighted by Crippen LogP contribution is -2.30. The lowest BCUT2D eigenvalue weighted by Gasteiger charge is -2.21.